The zero-order valence-corrected chi connectivity index (χ0v) is 40.9. The van der Waals surface area contributed by atoms with E-state index in [1.807, 2.05) is 25.7 Å². The van der Waals surface area contributed by atoms with Crippen molar-refractivity contribution in [2.75, 3.05) is 51.7 Å². The van der Waals surface area contributed by atoms with Gasteiger partial charge in [-0.25, -0.2) is 22.9 Å². The van der Waals surface area contributed by atoms with Gasteiger partial charge in [0.2, 0.25) is 5.88 Å². The summed E-state index contributed by atoms with van der Waals surface area (Å²) in [7, 11) is -0.860. The zero-order valence-electron chi connectivity index (χ0n) is 39.9. The van der Waals surface area contributed by atoms with Crippen molar-refractivity contribution in [1.82, 2.24) is 24.8 Å². The average molecular weight is 929 g/mol. The Labute approximate surface area is 386 Å². The van der Waals surface area contributed by atoms with Crippen LogP contribution >= 0.6 is 0 Å². The second kappa shape index (κ2) is 17.3. The SMILES string of the molecule is COCOc1cc(-c2nc3c4c(nc(OC[C@@]56CCCN5C[C@@H](F)C6)nc4c2F)N2C[C@@H]4CC[C@H]([C@@H]2CO3)N4C(=O)OC(C)(C)C)c2c(C#C[Si](C(C)C)(C(C)C)C(C)C)c(F)ccc2c1. The molecule has 0 unspecified atom stereocenters. The third kappa shape index (κ3) is 7.90. The molecule has 16 heteroatoms. The van der Waals surface area contributed by atoms with Crippen molar-refractivity contribution in [2.45, 2.75) is 146 Å². The minimum Gasteiger partial charge on any atom is -0.475 e. The molecule has 4 aromatic rings. The number of anilines is 1. The molecule has 0 radical (unpaired) electrons. The summed E-state index contributed by atoms with van der Waals surface area (Å²) in [5.74, 6) is 2.81. The summed E-state index contributed by atoms with van der Waals surface area (Å²) >= 11 is 0. The lowest BCUT2D eigenvalue weighted by Crippen LogP contribution is -2.63. The Hall–Kier alpha value is -4.85. The number of rotatable bonds is 10. The van der Waals surface area contributed by atoms with Crippen molar-refractivity contribution >= 4 is 41.7 Å². The van der Waals surface area contributed by atoms with E-state index in [-0.39, 0.29) is 88.3 Å². The van der Waals surface area contributed by atoms with E-state index < -0.39 is 49.2 Å². The Bertz CT molecular complexity index is 2590. The summed E-state index contributed by atoms with van der Waals surface area (Å²) in [5, 5.41) is 1.19. The van der Waals surface area contributed by atoms with Gasteiger partial charge in [-0.2, -0.15) is 9.97 Å². The van der Waals surface area contributed by atoms with Crippen molar-refractivity contribution in [3.8, 4) is 40.4 Å². The molecule has 2 aromatic heterocycles. The van der Waals surface area contributed by atoms with E-state index in [2.05, 4.69) is 62.8 Å². The molecule has 5 atom stereocenters. The highest BCUT2D eigenvalue weighted by molar-refractivity contribution is 6.90. The highest BCUT2D eigenvalue weighted by Gasteiger charge is 2.53. The lowest BCUT2D eigenvalue weighted by Gasteiger charge is -2.46. The molecule has 354 valence electrons. The number of halogens is 3. The molecule has 0 aliphatic carbocycles. The van der Waals surface area contributed by atoms with E-state index >= 15 is 8.78 Å². The van der Waals surface area contributed by atoms with Crippen LogP contribution in [0, 0.1) is 23.1 Å². The summed E-state index contributed by atoms with van der Waals surface area (Å²) in [6.07, 6.45) is 2.07. The van der Waals surface area contributed by atoms with E-state index in [1.165, 1.54) is 13.2 Å². The van der Waals surface area contributed by atoms with E-state index in [4.69, 9.17) is 38.6 Å². The van der Waals surface area contributed by atoms with Gasteiger partial charge in [-0.3, -0.25) is 9.80 Å². The second-order valence-electron chi connectivity index (χ2n) is 20.9. The van der Waals surface area contributed by atoms with Crippen molar-refractivity contribution in [2.24, 2.45) is 0 Å². The van der Waals surface area contributed by atoms with Crippen LogP contribution in [0.3, 0.4) is 0 Å². The van der Waals surface area contributed by atoms with Gasteiger partial charge in [0.15, 0.2) is 12.6 Å². The molecule has 2 aromatic carbocycles. The molecular weight excluding hydrogens is 866 g/mol. The smallest absolute Gasteiger partial charge is 0.410 e. The molecule has 0 N–H and O–H groups in total. The first-order valence-electron chi connectivity index (χ1n) is 23.6. The Kier molecular flexibility index (Phi) is 12.2. The molecule has 66 heavy (non-hydrogen) atoms. The molecule has 7 heterocycles. The van der Waals surface area contributed by atoms with Crippen LogP contribution < -0.4 is 19.1 Å². The third-order valence-corrected chi connectivity index (χ3v) is 21.2. The molecule has 4 fully saturated rings. The van der Waals surface area contributed by atoms with Crippen molar-refractivity contribution in [3.05, 3.63) is 41.5 Å². The van der Waals surface area contributed by atoms with Crippen LogP contribution in [-0.4, -0.2) is 121 Å². The number of hydrogen-bond donors (Lipinski definition) is 0. The minimum atomic E-state index is -2.36. The molecule has 2 bridgehead atoms. The average Bonchev–Trinajstić information content (AvgIpc) is 3.86. The van der Waals surface area contributed by atoms with E-state index in [0.717, 1.165) is 25.8 Å². The first-order chi connectivity index (χ1) is 31.4. The van der Waals surface area contributed by atoms with Crippen molar-refractivity contribution in [3.63, 3.8) is 0 Å². The van der Waals surface area contributed by atoms with Gasteiger partial charge in [0.05, 0.1) is 29.2 Å². The van der Waals surface area contributed by atoms with Crippen molar-refractivity contribution in [1.29, 1.82) is 0 Å². The number of fused-ring (bicyclic) bond motifs is 7. The first kappa shape index (κ1) is 46.3. The molecule has 1 amide bonds. The fraction of sp³-hybridized carbons (Fsp3) is 0.600. The maximum absolute atomic E-state index is 18.1. The van der Waals surface area contributed by atoms with Crippen molar-refractivity contribution < 1.29 is 41.7 Å². The predicted molar refractivity (Wildman–Crippen MR) is 251 cm³/mol. The second-order valence-corrected chi connectivity index (χ2v) is 26.5. The van der Waals surface area contributed by atoms with Crippen LogP contribution in [0.15, 0.2) is 24.3 Å². The fourth-order valence-electron chi connectivity index (χ4n) is 12.1. The molecule has 5 aliphatic heterocycles. The predicted octanol–water partition coefficient (Wildman–Crippen LogP) is 9.98. The summed E-state index contributed by atoms with van der Waals surface area (Å²) < 4.78 is 79.9. The number of amides is 1. The maximum Gasteiger partial charge on any atom is 0.410 e. The number of benzene rings is 2. The quantitative estimate of drug-likeness (QED) is 0.0861. The fourth-order valence-corrected chi connectivity index (χ4v) is 17.3. The van der Waals surface area contributed by atoms with Gasteiger partial charge in [-0.15, -0.1) is 5.54 Å². The highest BCUT2D eigenvalue weighted by atomic mass is 28.3. The van der Waals surface area contributed by atoms with Gasteiger partial charge in [0.25, 0.3) is 0 Å². The summed E-state index contributed by atoms with van der Waals surface area (Å²) in [6, 6.07) is 5.41. The lowest BCUT2D eigenvalue weighted by molar-refractivity contribution is 0.00537. The number of aromatic nitrogens is 3. The zero-order chi connectivity index (χ0) is 47.0. The van der Waals surface area contributed by atoms with E-state index in [9.17, 15) is 9.18 Å². The Morgan fingerprint density at radius 1 is 0.985 bits per heavy atom. The summed E-state index contributed by atoms with van der Waals surface area (Å²) in [5.41, 5.74) is 3.43. The van der Waals surface area contributed by atoms with Gasteiger partial charge in [-0.05, 0) is 93.2 Å². The lowest BCUT2D eigenvalue weighted by atomic mass is 9.95. The molecule has 4 saturated heterocycles. The monoisotopic (exact) mass is 928 g/mol. The van der Waals surface area contributed by atoms with E-state index in [1.54, 1.807) is 18.2 Å². The molecule has 9 rings (SSSR count). The number of alkyl halides is 1. The van der Waals surface area contributed by atoms with Crippen LogP contribution in [-0.2, 0) is 9.47 Å². The summed E-state index contributed by atoms with van der Waals surface area (Å²) in [4.78, 5) is 34.6. The third-order valence-electron chi connectivity index (χ3n) is 14.9. The molecule has 0 saturated carbocycles. The minimum absolute atomic E-state index is 0.0670. The van der Waals surface area contributed by atoms with E-state index in [0.29, 0.717) is 48.3 Å². The number of nitrogens with zero attached hydrogens (tertiary/aromatic N) is 6. The van der Waals surface area contributed by atoms with Crippen LogP contribution in [0.25, 0.3) is 32.9 Å². The maximum atomic E-state index is 18.1. The standard InChI is InChI=1S/C50H63F3N6O6Si/c1-28(2)66(29(3)4,30(5)6)19-16-35-37(52)14-12-31-20-34(64-27-61-10)21-36(40(31)35)43-42(53)44-41-45(56-47(55-44)63-26-50-17-11-18-57(50)23-32(51)22-50)58-24-33-13-15-38(39(58)25-62-46(41)54-43)59(33)48(60)65-49(7,8)9/h12,14,20-21,28-30,32-33,38-39H,11,13,15,17-18,22-27H2,1-10H3/t32-,33-,38+,39-,50-/m0/s1. The number of ether oxygens (including phenoxy) is 5. The number of pyridine rings is 1. The Morgan fingerprint density at radius 3 is 2.45 bits per heavy atom. The van der Waals surface area contributed by atoms with Gasteiger partial charge in [0, 0.05) is 37.6 Å². The van der Waals surface area contributed by atoms with Gasteiger partial charge >= 0.3 is 12.1 Å². The highest BCUT2D eigenvalue weighted by Crippen LogP contribution is 2.48. The number of carbonyl (C=O) groups is 1. The topological polar surface area (TPSA) is 112 Å². The Morgan fingerprint density at radius 2 is 1.74 bits per heavy atom. The van der Waals surface area contributed by atoms with Crippen LogP contribution in [0.1, 0.15) is 100.0 Å². The molecule has 12 nitrogen and oxygen atoms in total. The number of methoxy groups -OCH3 is 1. The van der Waals surface area contributed by atoms with Gasteiger partial charge < -0.3 is 28.6 Å². The van der Waals surface area contributed by atoms with Crippen LogP contribution in [0.4, 0.5) is 23.8 Å². The largest absolute Gasteiger partial charge is 0.475 e. The number of carbonyl (C=O) groups excluding carboxylic acids is 1. The number of piperazine rings is 1. The van der Waals surface area contributed by atoms with Crippen LogP contribution in [0.5, 0.6) is 17.6 Å². The normalized spacial score (nSPS) is 23.9. The summed E-state index contributed by atoms with van der Waals surface area (Å²) in [6.45, 7) is 20.3. The molecule has 0 spiro atoms. The molecule has 5 aliphatic rings. The number of hydrogen-bond acceptors (Lipinski definition) is 11. The van der Waals surface area contributed by atoms with Gasteiger partial charge in [-0.1, -0.05) is 53.5 Å². The Balaban J connectivity index is 1.25. The van der Waals surface area contributed by atoms with Crippen LogP contribution in [0.2, 0.25) is 16.6 Å². The van der Waals surface area contributed by atoms with Gasteiger partial charge in [0.1, 0.15) is 67.0 Å². The first-order valence-corrected chi connectivity index (χ1v) is 25.8. The molecular formula is C50H63F3N6O6Si.